The summed E-state index contributed by atoms with van der Waals surface area (Å²) in [5.74, 6) is 0.931. The second kappa shape index (κ2) is 12.5. The molecule has 14 heteroatoms. The Morgan fingerprint density at radius 3 is 2.59 bits per heavy atom. The van der Waals surface area contributed by atoms with Crippen LogP contribution in [0.25, 0.3) is 0 Å². The third-order valence-electron chi connectivity index (χ3n) is 5.93. The smallest absolute Gasteiger partial charge is 0.277 e. The molecular weight excluding hydrogens is 550 g/mol. The average Bonchev–Trinajstić information content (AvgIpc) is 3.74. The lowest BCUT2D eigenvalue weighted by atomic mass is 10.1. The van der Waals surface area contributed by atoms with Gasteiger partial charge in [0.05, 0.1) is 11.1 Å². The first-order valence-electron chi connectivity index (χ1n) is 12.7. The van der Waals surface area contributed by atoms with Crippen molar-refractivity contribution in [3.8, 4) is 5.75 Å². The first-order chi connectivity index (χ1) is 19.8. The Labute approximate surface area is 235 Å². The molecule has 0 saturated heterocycles. The normalized spacial score (nSPS) is 11.3. The Morgan fingerprint density at radius 1 is 1.07 bits per heavy atom. The van der Waals surface area contributed by atoms with Crippen LogP contribution in [0.3, 0.4) is 0 Å². The van der Waals surface area contributed by atoms with Gasteiger partial charge in [0.25, 0.3) is 15.9 Å². The number of nitrogens with one attached hydrogen (secondary N) is 2. The SMILES string of the molecule is Cc1cc(NS(=O)(=O)c2ccc(NC(=O)c3coc(COc4ccc(CCCCn5ccnn5)cc4)n3)cc2)no1. The van der Waals surface area contributed by atoms with E-state index in [4.69, 9.17) is 13.7 Å². The summed E-state index contributed by atoms with van der Waals surface area (Å²) in [6, 6.07) is 14.9. The lowest BCUT2D eigenvalue weighted by Gasteiger charge is -2.07. The number of anilines is 2. The minimum absolute atomic E-state index is 0.00628. The molecule has 0 atom stereocenters. The van der Waals surface area contributed by atoms with Gasteiger partial charge in [-0.2, -0.15) is 0 Å². The predicted octanol–water partition coefficient (Wildman–Crippen LogP) is 4.22. The van der Waals surface area contributed by atoms with Gasteiger partial charge < -0.3 is 19.0 Å². The maximum atomic E-state index is 12.6. The molecule has 41 heavy (non-hydrogen) atoms. The topological polar surface area (TPSA) is 167 Å². The monoisotopic (exact) mass is 577 g/mol. The van der Waals surface area contributed by atoms with Gasteiger partial charge in [-0.1, -0.05) is 22.5 Å². The van der Waals surface area contributed by atoms with Gasteiger partial charge in [0.2, 0.25) is 5.89 Å². The average molecular weight is 578 g/mol. The molecule has 0 aliphatic rings. The van der Waals surface area contributed by atoms with E-state index in [1.807, 2.05) is 35.1 Å². The van der Waals surface area contributed by atoms with Crippen LogP contribution in [0, 0.1) is 6.92 Å². The Bertz CT molecular complexity index is 1680. The van der Waals surface area contributed by atoms with E-state index in [1.165, 1.54) is 42.2 Å². The number of carbonyl (C=O) groups excluding carboxylic acids is 1. The van der Waals surface area contributed by atoms with Crippen LogP contribution >= 0.6 is 0 Å². The number of hydrogen-bond donors (Lipinski definition) is 2. The lowest BCUT2D eigenvalue weighted by molar-refractivity contribution is 0.102. The lowest BCUT2D eigenvalue weighted by Crippen LogP contribution is -2.14. The third-order valence-corrected chi connectivity index (χ3v) is 7.30. The highest BCUT2D eigenvalue weighted by Gasteiger charge is 2.17. The van der Waals surface area contributed by atoms with Crippen LogP contribution in [0.5, 0.6) is 5.75 Å². The molecule has 2 N–H and O–H groups in total. The number of oxazole rings is 1. The molecule has 0 aliphatic carbocycles. The van der Waals surface area contributed by atoms with Crippen LogP contribution in [-0.2, 0) is 29.6 Å². The fraction of sp³-hybridized carbons (Fsp3) is 0.222. The van der Waals surface area contributed by atoms with E-state index in [9.17, 15) is 13.2 Å². The number of amides is 1. The Morgan fingerprint density at radius 2 is 1.88 bits per heavy atom. The zero-order valence-electron chi connectivity index (χ0n) is 22.1. The first kappa shape index (κ1) is 27.6. The van der Waals surface area contributed by atoms with Gasteiger partial charge in [0, 0.05) is 24.5 Å². The van der Waals surface area contributed by atoms with Crippen molar-refractivity contribution >= 4 is 27.4 Å². The molecular formula is C27H27N7O6S. The van der Waals surface area contributed by atoms with Crippen molar-refractivity contribution < 1.29 is 26.9 Å². The maximum Gasteiger partial charge on any atom is 0.277 e. The van der Waals surface area contributed by atoms with Gasteiger partial charge in [-0.05, 0) is 68.1 Å². The predicted molar refractivity (Wildman–Crippen MR) is 147 cm³/mol. The quantitative estimate of drug-likeness (QED) is 0.193. The second-order valence-corrected chi connectivity index (χ2v) is 10.8. The maximum absolute atomic E-state index is 12.6. The number of carbonyl (C=O) groups is 1. The van der Waals surface area contributed by atoms with Gasteiger partial charge in [-0.3, -0.25) is 14.2 Å². The van der Waals surface area contributed by atoms with Gasteiger partial charge in [0.15, 0.2) is 18.1 Å². The van der Waals surface area contributed by atoms with Gasteiger partial charge in [0.1, 0.15) is 17.8 Å². The van der Waals surface area contributed by atoms with Crippen molar-refractivity contribution in [1.82, 2.24) is 25.1 Å². The van der Waals surface area contributed by atoms with Crippen LogP contribution in [0.2, 0.25) is 0 Å². The zero-order chi connectivity index (χ0) is 28.7. The van der Waals surface area contributed by atoms with Crippen molar-refractivity contribution in [3.05, 3.63) is 96.2 Å². The summed E-state index contributed by atoms with van der Waals surface area (Å²) in [6.45, 7) is 2.55. The van der Waals surface area contributed by atoms with Crippen molar-refractivity contribution in [2.45, 2.75) is 44.2 Å². The Hall–Kier alpha value is -4.98. The van der Waals surface area contributed by atoms with Crippen molar-refractivity contribution in [1.29, 1.82) is 0 Å². The minimum Gasteiger partial charge on any atom is -0.484 e. The number of sulfonamides is 1. The largest absolute Gasteiger partial charge is 0.484 e. The molecule has 0 spiro atoms. The summed E-state index contributed by atoms with van der Waals surface area (Å²) >= 11 is 0. The second-order valence-electron chi connectivity index (χ2n) is 9.09. The number of ether oxygens (including phenoxy) is 1. The molecule has 0 fully saturated rings. The van der Waals surface area contributed by atoms with Crippen molar-refractivity contribution in [2.24, 2.45) is 0 Å². The highest BCUT2D eigenvalue weighted by atomic mass is 32.2. The number of nitrogens with zero attached hydrogens (tertiary/aromatic N) is 5. The van der Waals surface area contributed by atoms with E-state index in [2.05, 4.69) is 30.5 Å². The van der Waals surface area contributed by atoms with Crippen LogP contribution in [0.4, 0.5) is 11.5 Å². The molecule has 5 aromatic rings. The van der Waals surface area contributed by atoms with Crippen LogP contribution in [0.15, 0.2) is 87.1 Å². The number of unbranched alkanes of at least 4 members (excludes halogenated alkanes) is 1. The summed E-state index contributed by atoms with van der Waals surface area (Å²) in [6.07, 6.45) is 7.76. The highest BCUT2D eigenvalue weighted by Crippen LogP contribution is 2.19. The van der Waals surface area contributed by atoms with E-state index in [-0.39, 0.29) is 28.9 Å². The molecule has 212 valence electrons. The zero-order valence-corrected chi connectivity index (χ0v) is 22.9. The molecule has 3 heterocycles. The van der Waals surface area contributed by atoms with E-state index in [1.54, 1.807) is 13.1 Å². The molecule has 13 nitrogen and oxygen atoms in total. The standard InChI is InChI=1S/C27H27N7O6S/c1-19-16-25(31-40-19)32-41(36,37)23-11-7-21(8-12-23)29-27(35)24-17-39-26(30-24)18-38-22-9-5-20(6-10-22)4-2-3-14-34-15-13-28-33-34/h5-13,15-17H,2-4,14,18H2,1H3,(H,29,35)(H,31,32). The van der Waals surface area contributed by atoms with E-state index in [0.29, 0.717) is 17.2 Å². The van der Waals surface area contributed by atoms with Crippen LogP contribution < -0.4 is 14.8 Å². The third kappa shape index (κ3) is 7.57. The van der Waals surface area contributed by atoms with Crippen LogP contribution in [-0.4, -0.2) is 39.5 Å². The minimum atomic E-state index is -3.87. The number of rotatable bonds is 13. The molecule has 2 aromatic carbocycles. The number of aryl methyl sites for hydroxylation is 3. The molecule has 1 amide bonds. The molecule has 0 aliphatic heterocycles. The van der Waals surface area contributed by atoms with Gasteiger partial charge in [-0.15, -0.1) is 5.10 Å². The molecule has 5 rings (SSSR count). The first-order valence-corrected chi connectivity index (χ1v) is 14.2. The number of hydrogen-bond acceptors (Lipinski definition) is 10. The Balaban J connectivity index is 1.07. The Kier molecular flexibility index (Phi) is 8.39. The van der Waals surface area contributed by atoms with E-state index < -0.39 is 15.9 Å². The molecule has 0 unspecified atom stereocenters. The number of aromatic nitrogens is 5. The fourth-order valence-electron chi connectivity index (χ4n) is 3.86. The molecule has 0 bridgehead atoms. The van der Waals surface area contributed by atoms with Crippen molar-refractivity contribution in [2.75, 3.05) is 10.0 Å². The van der Waals surface area contributed by atoms with Gasteiger partial charge in [-0.25, -0.2) is 13.4 Å². The summed E-state index contributed by atoms with van der Waals surface area (Å²) in [5, 5.41) is 14.0. The molecule has 3 aromatic heterocycles. The highest BCUT2D eigenvalue weighted by molar-refractivity contribution is 7.92. The summed E-state index contributed by atoms with van der Waals surface area (Å²) < 4.78 is 45.2. The summed E-state index contributed by atoms with van der Waals surface area (Å²) in [7, 11) is -3.87. The summed E-state index contributed by atoms with van der Waals surface area (Å²) in [5.41, 5.74) is 1.65. The molecule has 0 saturated carbocycles. The number of benzene rings is 2. The summed E-state index contributed by atoms with van der Waals surface area (Å²) in [4.78, 5) is 16.8. The van der Waals surface area contributed by atoms with E-state index in [0.717, 1.165) is 25.8 Å². The van der Waals surface area contributed by atoms with E-state index >= 15 is 0 Å². The van der Waals surface area contributed by atoms with Crippen molar-refractivity contribution in [3.63, 3.8) is 0 Å². The van der Waals surface area contributed by atoms with Gasteiger partial charge >= 0.3 is 0 Å². The van der Waals surface area contributed by atoms with Crippen LogP contribution in [0.1, 0.15) is 40.5 Å². The molecule has 0 radical (unpaired) electrons. The fourth-order valence-corrected chi connectivity index (χ4v) is 4.84.